The Bertz CT molecular complexity index is 1240. The number of halogens is 2. The molecule has 216 valence electrons. The van der Waals surface area contributed by atoms with Crippen LogP contribution in [0.5, 0.6) is 0 Å². The van der Waals surface area contributed by atoms with E-state index in [2.05, 4.69) is 32.7 Å². The van der Waals surface area contributed by atoms with Gasteiger partial charge in [0.1, 0.15) is 17.2 Å². The van der Waals surface area contributed by atoms with Crippen molar-refractivity contribution in [1.29, 1.82) is 0 Å². The molecule has 3 N–H and O–H groups in total. The number of methoxy groups -OCH3 is 1. The van der Waals surface area contributed by atoms with Gasteiger partial charge in [0.15, 0.2) is 0 Å². The molecule has 1 aliphatic rings. The lowest BCUT2D eigenvalue weighted by molar-refractivity contribution is 0.0500. The number of hydrogen-bond acceptors (Lipinski definition) is 7. The Morgan fingerprint density at radius 3 is 2.58 bits per heavy atom. The van der Waals surface area contributed by atoms with Gasteiger partial charge in [0.2, 0.25) is 5.90 Å². The molecule has 0 aromatic heterocycles. The first-order valence-electron chi connectivity index (χ1n) is 13.3. The Hall–Kier alpha value is -3.79. The van der Waals surface area contributed by atoms with Crippen molar-refractivity contribution in [2.75, 3.05) is 39.1 Å². The van der Waals surface area contributed by atoms with Crippen molar-refractivity contribution in [3.05, 3.63) is 65.4 Å². The summed E-state index contributed by atoms with van der Waals surface area (Å²) < 4.78 is 39.8. The van der Waals surface area contributed by atoms with Gasteiger partial charge in [-0.15, -0.1) is 0 Å². The minimum Gasteiger partial charge on any atom is -0.481 e. The second-order valence-corrected chi connectivity index (χ2v) is 10.5. The molecule has 2 aromatic carbocycles. The van der Waals surface area contributed by atoms with Gasteiger partial charge in [0.05, 0.1) is 18.4 Å². The maximum absolute atomic E-state index is 14.5. The van der Waals surface area contributed by atoms with Crippen LogP contribution >= 0.6 is 0 Å². The molecule has 2 aromatic rings. The summed E-state index contributed by atoms with van der Waals surface area (Å²) in [7, 11) is 3.37. The van der Waals surface area contributed by atoms with Crippen LogP contribution in [0.2, 0.25) is 0 Å². The largest absolute Gasteiger partial charge is 0.481 e. The molecule has 1 aliphatic heterocycles. The third-order valence-electron chi connectivity index (χ3n) is 6.40. The average molecular weight is 556 g/mol. The van der Waals surface area contributed by atoms with Crippen LogP contribution in [0.15, 0.2) is 58.2 Å². The Balaban J connectivity index is 1.77. The highest BCUT2D eigenvalue weighted by Crippen LogP contribution is 2.40. The van der Waals surface area contributed by atoms with E-state index in [9.17, 15) is 13.6 Å². The first kappa shape index (κ1) is 30.7. The maximum Gasteiger partial charge on any atom is 0.407 e. The number of aliphatic imine (C=N–C) groups is 2. The monoisotopic (exact) mass is 555 g/mol. The number of alkyl carbamates (subject to hydrolysis) is 1. The smallest absolute Gasteiger partial charge is 0.407 e. The molecule has 0 saturated heterocycles. The van der Waals surface area contributed by atoms with Crippen LogP contribution in [-0.4, -0.2) is 64.1 Å². The van der Waals surface area contributed by atoms with Crippen LogP contribution in [0.4, 0.5) is 19.3 Å². The van der Waals surface area contributed by atoms with E-state index in [0.717, 1.165) is 17.8 Å². The van der Waals surface area contributed by atoms with Crippen molar-refractivity contribution in [2.24, 2.45) is 9.98 Å². The molecule has 0 saturated carbocycles. The molecule has 0 aliphatic carbocycles. The number of nitrogens with one attached hydrogen (secondary N) is 3. The number of amides is 1. The summed E-state index contributed by atoms with van der Waals surface area (Å²) in [5.41, 5.74) is 2.10. The van der Waals surface area contributed by atoms with E-state index in [-0.39, 0.29) is 17.5 Å². The van der Waals surface area contributed by atoms with Crippen LogP contribution in [0.1, 0.15) is 45.1 Å². The van der Waals surface area contributed by atoms with Crippen LogP contribution in [0, 0.1) is 11.6 Å². The molecule has 8 nitrogen and oxygen atoms in total. The Kier molecular flexibility index (Phi) is 10.8. The predicted molar refractivity (Wildman–Crippen MR) is 156 cm³/mol. The van der Waals surface area contributed by atoms with Crippen LogP contribution in [0.3, 0.4) is 0 Å². The van der Waals surface area contributed by atoms with Gasteiger partial charge in [-0.2, -0.15) is 0 Å². The van der Waals surface area contributed by atoms with Gasteiger partial charge in [0.25, 0.3) is 0 Å². The normalized spacial score (nSPS) is 16.1. The minimum absolute atomic E-state index is 0.0694. The maximum atomic E-state index is 14.5. The third kappa shape index (κ3) is 8.35. The Morgan fingerprint density at radius 2 is 1.95 bits per heavy atom. The SMILES string of the molecule is C=N/C(=C\C(=NCCC(CCNC)NC(=O)OC(C)(C)C)OC)C1CNc2ccc(-c3c(F)cccc3F)cc21. The number of hydrogen-bond donors (Lipinski definition) is 3. The van der Waals surface area contributed by atoms with E-state index < -0.39 is 23.3 Å². The molecule has 2 unspecified atom stereocenters. The molecule has 10 heteroatoms. The second-order valence-electron chi connectivity index (χ2n) is 10.5. The van der Waals surface area contributed by atoms with Gasteiger partial charge >= 0.3 is 6.09 Å². The fourth-order valence-corrected chi connectivity index (χ4v) is 4.49. The highest BCUT2D eigenvalue weighted by atomic mass is 19.1. The fourth-order valence-electron chi connectivity index (χ4n) is 4.49. The van der Waals surface area contributed by atoms with Gasteiger partial charge in [-0.25, -0.2) is 13.6 Å². The van der Waals surface area contributed by atoms with E-state index >= 15 is 0 Å². The third-order valence-corrected chi connectivity index (χ3v) is 6.40. The molecular weight excluding hydrogens is 516 g/mol. The number of ether oxygens (including phenoxy) is 2. The molecule has 0 radical (unpaired) electrons. The zero-order valence-corrected chi connectivity index (χ0v) is 23.8. The van der Waals surface area contributed by atoms with Gasteiger partial charge in [-0.3, -0.25) is 9.98 Å². The number of fused-ring (bicyclic) bond motifs is 1. The predicted octanol–water partition coefficient (Wildman–Crippen LogP) is 5.66. The van der Waals surface area contributed by atoms with Gasteiger partial charge in [-0.1, -0.05) is 12.1 Å². The first-order chi connectivity index (χ1) is 19.1. The van der Waals surface area contributed by atoms with Crippen LogP contribution < -0.4 is 16.0 Å². The summed E-state index contributed by atoms with van der Waals surface area (Å²) in [5, 5.41) is 9.33. The van der Waals surface area contributed by atoms with E-state index in [1.54, 1.807) is 18.2 Å². The molecular formula is C30H39F2N5O3. The van der Waals surface area contributed by atoms with E-state index in [4.69, 9.17) is 9.47 Å². The number of anilines is 1. The Labute approximate surface area is 235 Å². The molecule has 1 heterocycles. The zero-order chi connectivity index (χ0) is 29.3. The quantitative estimate of drug-likeness (QED) is 0.246. The summed E-state index contributed by atoms with van der Waals surface area (Å²) in [5.74, 6) is -1.11. The molecule has 0 bridgehead atoms. The zero-order valence-electron chi connectivity index (χ0n) is 23.8. The van der Waals surface area contributed by atoms with Crippen molar-refractivity contribution < 1.29 is 23.0 Å². The summed E-state index contributed by atoms with van der Waals surface area (Å²) in [4.78, 5) is 21.1. The number of benzene rings is 2. The Morgan fingerprint density at radius 1 is 1.23 bits per heavy atom. The lowest BCUT2D eigenvalue weighted by atomic mass is 9.93. The van der Waals surface area contributed by atoms with Gasteiger partial charge < -0.3 is 25.4 Å². The molecule has 2 atom stereocenters. The number of carbonyl (C=O) groups excluding carboxylic acids is 1. The number of carbonyl (C=O) groups is 1. The number of rotatable bonds is 11. The topological polar surface area (TPSA) is 96.3 Å². The average Bonchev–Trinajstić information content (AvgIpc) is 3.31. The minimum atomic E-state index is -0.622. The summed E-state index contributed by atoms with van der Waals surface area (Å²) in [6.07, 6.45) is 2.53. The molecule has 0 spiro atoms. The fraction of sp³-hybridized carbons (Fsp3) is 0.433. The highest BCUT2D eigenvalue weighted by molar-refractivity contribution is 5.89. The van der Waals surface area contributed by atoms with Crippen molar-refractivity contribution >= 4 is 24.4 Å². The van der Waals surface area contributed by atoms with Crippen LogP contribution in [0.25, 0.3) is 11.1 Å². The van der Waals surface area contributed by atoms with E-state index in [0.29, 0.717) is 43.1 Å². The first-order valence-corrected chi connectivity index (χ1v) is 13.3. The molecule has 1 amide bonds. The summed E-state index contributed by atoms with van der Waals surface area (Å²) >= 11 is 0. The van der Waals surface area contributed by atoms with E-state index in [1.165, 1.54) is 25.3 Å². The lowest BCUT2D eigenvalue weighted by Crippen LogP contribution is -2.40. The molecule has 3 rings (SSSR count). The molecule has 0 fully saturated rings. The van der Waals surface area contributed by atoms with Gasteiger partial charge in [-0.05, 0) is 89.3 Å². The van der Waals surface area contributed by atoms with Crippen molar-refractivity contribution in [2.45, 2.75) is 51.2 Å². The second kappa shape index (κ2) is 14.0. The van der Waals surface area contributed by atoms with Crippen molar-refractivity contribution in [3.8, 4) is 11.1 Å². The standard InChI is InChI=1S/C30H39F2N5O3/c1-30(2,3)40-29(38)37-20(12-14-33-4)13-15-35-27(39-6)17-26(34-5)22-18-36-25-11-10-19(16-21(22)25)28-23(31)8-7-9-24(28)32/h7-11,16-17,20,22,33,36H,5,12-15,18H2,1-4,6H3,(H,37,38)/b26-17-,35-27?. The van der Waals surface area contributed by atoms with Gasteiger partial charge in [0, 0.05) is 36.8 Å². The van der Waals surface area contributed by atoms with E-state index in [1.807, 2.05) is 33.9 Å². The highest BCUT2D eigenvalue weighted by Gasteiger charge is 2.27. The summed E-state index contributed by atoms with van der Waals surface area (Å²) in [6, 6.07) is 8.96. The lowest BCUT2D eigenvalue weighted by Gasteiger charge is -2.23. The van der Waals surface area contributed by atoms with Crippen molar-refractivity contribution in [1.82, 2.24) is 10.6 Å². The van der Waals surface area contributed by atoms with Crippen molar-refractivity contribution in [3.63, 3.8) is 0 Å². The summed E-state index contributed by atoms with van der Waals surface area (Å²) in [6.45, 7) is 10.8. The number of nitrogens with zero attached hydrogens (tertiary/aromatic N) is 2. The molecule has 40 heavy (non-hydrogen) atoms. The van der Waals surface area contributed by atoms with Crippen LogP contribution in [-0.2, 0) is 9.47 Å².